The molecule has 2 heteroatoms. The van der Waals surface area contributed by atoms with Gasteiger partial charge in [0.1, 0.15) is 0 Å². The summed E-state index contributed by atoms with van der Waals surface area (Å²) in [5.41, 5.74) is 4.18. The third kappa shape index (κ3) is 2.38. The van der Waals surface area contributed by atoms with Gasteiger partial charge in [-0.2, -0.15) is 0 Å². The van der Waals surface area contributed by atoms with E-state index in [2.05, 4.69) is 39.0 Å². The Bertz CT molecular complexity index is 231. The van der Waals surface area contributed by atoms with Crippen molar-refractivity contribution in [2.24, 2.45) is 0 Å². The molecular formula is C9H12N2. The molecule has 0 saturated heterocycles. The zero-order chi connectivity index (χ0) is 8.85. The molecule has 0 aliphatic carbocycles. The van der Waals surface area contributed by atoms with Crippen molar-refractivity contribution < 1.29 is 0 Å². The van der Waals surface area contributed by atoms with Gasteiger partial charge in [-0.25, -0.2) is 0 Å². The summed E-state index contributed by atoms with van der Waals surface area (Å²) in [6, 6.07) is 6.38. The molecule has 0 aliphatic rings. The van der Waals surface area contributed by atoms with E-state index in [9.17, 15) is 0 Å². The maximum atomic E-state index is 6.00. The fraction of sp³-hybridized carbons (Fsp3) is 0.333. The van der Waals surface area contributed by atoms with Crippen LogP contribution in [0.1, 0.15) is 16.7 Å². The van der Waals surface area contributed by atoms with Crippen LogP contribution in [0.25, 0.3) is 0 Å². The van der Waals surface area contributed by atoms with Crippen LogP contribution >= 0.6 is 0 Å². The van der Waals surface area contributed by atoms with Crippen molar-refractivity contribution in [2.45, 2.75) is 20.8 Å². The smallest absolute Gasteiger partial charge is 0 e. The minimum Gasteiger partial charge on any atom is -0.0617 e. The summed E-state index contributed by atoms with van der Waals surface area (Å²) in [5, 5.41) is 12.0. The van der Waals surface area contributed by atoms with E-state index in [-0.39, 0.29) is 0 Å². The van der Waals surface area contributed by atoms with Gasteiger partial charge in [0.2, 0.25) is 0 Å². The number of rotatable bonds is 0. The molecule has 0 bridgehead atoms. The Morgan fingerprint density at radius 3 is 1.55 bits per heavy atom. The van der Waals surface area contributed by atoms with Crippen molar-refractivity contribution in [2.75, 3.05) is 0 Å². The standard InChI is InChI=1S/C9H12.N2/c1-7-5-4-6-8(2)9(7)3;1-2/h4-6H,1-3H3;. The first-order valence-corrected chi connectivity index (χ1v) is 3.44. The molecular weight excluding hydrogens is 136 g/mol. The molecule has 0 atom stereocenters. The summed E-state index contributed by atoms with van der Waals surface area (Å²) < 4.78 is 0. The second kappa shape index (κ2) is 4.45. The molecule has 1 rings (SSSR count). The van der Waals surface area contributed by atoms with E-state index in [1.807, 2.05) is 0 Å². The lowest BCUT2D eigenvalue weighted by Crippen LogP contribution is -1.82. The Hall–Kier alpha value is -1.36. The monoisotopic (exact) mass is 148 g/mol. The third-order valence-corrected chi connectivity index (χ3v) is 1.88. The van der Waals surface area contributed by atoms with Crippen molar-refractivity contribution in [3.05, 3.63) is 34.9 Å². The van der Waals surface area contributed by atoms with Crippen LogP contribution in [-0.4, -0.2) is 0 Å². The largest absolute Gasteiger partial charge is 0.0617 e. The number of aryl methyl sites for hydroxylation is 2. The predicted molar refractivity (Wildman–Crippen MR) is 44.1 cm³/mol. The molecule has 0 amide bonds. The Labute approximate surface area is 67.3 Å². The highest BCUT2D eigenvalue weighted by Gasteiger charge is 1.91. The van der Waals surface area contributed by atoms with E-state index < -0.39 is 0 Å². The van der Waals surface area contributed by atoms with Gasteiger partial charge in [-0.15, -0.1) is 0 Å². The second-order valence-electron chi connectivity index (χ2n) is 2.52. The van der Waals surface area contributed by atoms with Gasteiger partial charge < -0.3 is 0 Å². The molecule has 0 spiro atoms. The van der Waals surface area contributed by atoms with Crippen molar-refractivity contribution in [1.82, 2.24) is 0 Å². The van der Waals surface area contributed by atoms with E-state index in [0.717, 1.165) is 0 Å². The van der Waals surface area contributed by atoms with Gasteiger partial charge >= 0.3 is 0 Å². The minimum absolute atomic E-state index is 1.38. The van der Waals surface area contributed by atoms with Crippen LogP contribution in [0.5, 0.6) is 0 Å². The number of benzene rings is 1. The Kier molecular flexibility index (Phi) is 3.90. The van der Waals surface area contributed by atoms with Crippen molar-refractivity contribution in [1.29, 1.82) is 10.8 Å². The summed E-state index contributed by atoms with van der Waals surface area (Å²) >= 11 is 0. The van der Waals surface area contributed by atoms with Gasteiger partial charge in [-0.3, -0.25) is 0 Å². The lowest BCUT2D eigenvalue weighted by molar-refractivity contribution is 1.15. The van der Waals surface area contributed by atoms with Gasteiger partial charge in [0.15, 0.2) is 0 Å². The van der Waals surface area contributed by atoms with Gasteiger partial charge in [0, 0.05) is 10.8 Å². The molecule has 0 saturated carbocycles. The van der Waals surface area contributed by atoms with E-state index in [4.69, 9.17) is 10.8 Å². The molecule has 11 heavy (non-hydrogen) atoms. The molecule has 1 aromatic rings. The molecule has 0 unspecified atom stereocenters. The normalized spacial score (nSPS) is 8.09. The van der Waals surface area contributed by atoms with Gasteiger partial charge in [-0.05, 0) is 37.5 Å². The highest BCUT2D eigenvalue weighted by molar-refractivity contribution is 5.31. The van der Waals surface area contributed by atoms with E-state index in [1.54, 1.807) is 0 Å². The summed E-state index contributed by atoms with van der Waals surface area (Å²) in [4.78, 5) is 0. The van der Waals surface area contributed by atoms with Crippen LogP contribution < -0.4 is 0 Å². The highest BCUT2D eigenvalue weighted by atomic mass is 14.6. The average molecular weight is 148 g/mol. The zero-order valence-electron chi connectivity index (χ0n) is 7.13. The molecule has 0 N–H and O–H groups in total. The Morgan fingerprint density at radius 2 is 1.27 bits per heavy atom. The number of hydrogen-bond donors (Lipinski definition) is 0. The minimum atomic E-state index is 1.38. The fourth-order valence-corrected chi connectivity index (χ4v) is 0.898. The van der Waals surface area contributed by atoms with Crippen LogP contribution in [0, 0.1) is 31.6 Å². The first kappa shape index (κ1) is 9.64. The first-order chi connectivity index (χ1) is 5.22. The van der Waals surface area contributed by atoms with E-state index >= 15 is 0 Å². The van der Waals surface area contributed by atoms with Crippen LogP contribution in [-0.2, 0) is 0 Å². The van der Waals surface area contributed by atoms with Crippen molar-refractivity contribution in [3.8, 4) is 0 Å². The topological polar surface area (TPSA) is 47.6 Å². The molecule has 2 nitrogen and oxygen atoms in total. The molecule has 0 fully saturated rings. The molecule has 0 aromatic heterocycles. The number of nitrogens with zero attached hydrogens (tertiary/aromatic N) is 2. The lowest BCUT2D eigenvalue weighted by Gasteiger charge is -2.00. The van der Waals surface area contributed by atoms with Crippen LogP contribution in [0.3, 0.4) is 0 Å². The van der Waals surface area contributed by atoms with Gasteiger partial charge in [0.25, 0.3) is 0 Å². The summed E-state index contributed by atoms with van der Waals surface area (Å²) in [6.45, 7) is 6.44. The lowest BCUT2D eigenvalue weighted by atomic mass is 10.1. The SMILES string of the molecule is Cc1cccc(C)c1C.N#N. The molecule has 0 heterocycles. The van der Waals surface area contributed by atoms with Crippen LogP contribution in [0.15, 0.2) is 18.2 Å². The van der Waals surface area contributed by atoms with Crippen LogP contribution in [0.4, 0.5) is 0 Å². The van der Waals surface area contributed by atoms with E-state index in [1.165, 1.54) is 16.7 Å². The molecule has 0 aliphatic heterocycles. The molecule has 58 valence electrons. The predicted octanol–water partition coefficient (Wildman–Crippen LogP) is 2.64. The third-order valence-electron chi connectivity index (χ3n) is 1.88. The van der Waals surface area contributed by atoms with Gasteiger partial charge in [-0.1, -0.05) is 18.2 Å². The Morgan fingerprint density at radius 1 is 0.909 bits per heavy atom. The fourth-order valence-electron chi connectivity index (χ4n) is 0.898. The average Bonchev–Trinajstić information content (AvgIpc) is 2.04. The molecule has 0 radical (unpaired) electrons. The first-order valence-electron chi connectivity index (χ1n) is 3.44. The summed E-state index contributed by atoms with van der Waals surface area (Å²) in [6.07, 6.45) is 0. The molecule has 1 aromatic carbocycles. The maximum absolute atomic E-state index is 6.00. The Balaban J connectivity index is 0.000000461. The van der Waals surface area contributed by atoms with Crippen molar-refractivity contribution >= 4 is 0 Å². The van der Waals surface area contributed by atoms with Crippen LogP contribution in [0.2, 0.25) is 0 Å². The second-order valence-corrected chi connectivity index (χ2v) is 2.52. The quantitative estimate of drug-likeness (QED) is 0.531. The van der Waals surface area contributed by atoms with Gasteiger partial charge in [0.05, 0.1) is 0 Å². The summed E-state index contributed by atoms with van der Waals surface area (Å²) in [7, 11) is 0. The highest BCUT2D eigenvalue weighted by Crippen LogP contribution is 2.09. The zero-order valence-corrected chi connectivity index (χ0v) is 7.13. The maximum Gasteiger partial charge on any atom is 0 e. The van der Waals surface area contributed by atoms with Crippen molar-refractivity contribution in [3.63, 3.8) is 0 Å². The summed E-state index contributed by atoms with van der Waals surface area (Å²) in [5.74, 6) is 0. The number of hydrogen-bond acceptors (Lipinski definition) is 2. The van der Waals surface area contributed by atoms with E-state index in [0.29, 0.717) is 0 Å².